The summed E-state index contributed by atoms with van der Waals surface area (Å²) in [5.74, 6) is 0.137. The fourth-order valence-corrected chi connectivity index (χ4v) is 3.90. The number of imide groups is 1. The first kappa shape index (κ1) is 22.2. The van der Waals surface area contributed by atoms with Crippen molar-refractivity contribution in [2.75, 3.05) is 13.2 Å². The Kier molecular flexibility index (Phi) is 7.39. The van der Waals surface area contributed by atoms with E-state index in [0.717, 1.165) is 23.1 Å². The molecule has 0 aromatic heterocycles. The lowest BCUT2D eigenvalue weighted by molar-refractivity contribution is -0.123. The van der Waals surface area contributed by atoms with E-state index in [1.54, 1.807) is 24.3 Å². The van der Waals surface area contributed by atoms with Crippen LogP contribution in [0.15, 0.2) is 41.3 Å². The van der Waals surface area contributed by atoms with Gasteiger partial charge in [0.25, 0.3) is 11.1 Å². The van der Waals surface area contributed by atoms with Gasteiger partial charge in [-0.25, -0.2) is 4.39 Å². The van der Waals surface area contributed by atoms with Crippen molar-refractivity contribution in [3.8, 4) is 11.5 Å². The van der Waals surface area contributed by atoms with Crippen LogP contribution < -0.4 is 9.47 Å². The van der Waals surface area contributed by atoms with Crippen LogP contribution in [0, 0.1) is 5.82 Å². The lowest BCUT2D eigenvalue weighted by Gasteiger charge is -2.14. The molecule has 0 N–H and O–H groups in total. The first-order valence-electron chi connectivity index (χ1n) is 9.52. The number of amides is 2. The number of hydrogen-bond donors (Lipinski definition) is 0. The fraction of sp³-hybridized carbons (Fsp3) is 0.273. The topological polar surface area (TPSA) is 55.8 Å². The van der Waals surface area contributed by atoms with Crippen molar-refractivity contribution in [1.29, 1.82) is 0 Å². The van der Waals surface area contributed by atoms with Gasteiger partial charge in [0, 0.05) is 10.6 Å². The molecule has 30 heavy (non-hydrogen) atoms. The number of thioether (sulfide) groups is 1. The Morgan fingerprint density at radius 3 is 2.63 bits per heavy atom. The maximum Gasteiger partial charge on any atom is 0.293 e. The Morgan fingerprint density at radius 1 is 1.13 bits per heavy atom. The van der Waals surface area contributed by atoms with Gasteiger partial charge < -0.3 is 9.47 Å². The van der Waals surface area contributed by atoms with E-state index in [9.17, 15) is 14.0 Å². The maximum absolute atomic E-state index is 14.1. The first-order chi connectivity index (χ1) is 14.4. The molecule has 2 aromatic carbocycles. The fourth-order valence-electron chi connectivity index (χ4n) is 2.84. The van der Waals surface area contributed by atoms with Crippen LogP contribution in [0.4, 0.5) is 9.18 Å². The molecule has 1 fully saturated rings. The van der Waals surface area contributed by atoms with Crippen LogP contribution >= 0.6 is 23.4 Å². The molecule has 0 aliphatic carbocycles. The molecule has 0 saturated carbocycles. The van der Waals surface area contributed by atoms with Gasteiger partial charge in [0.15, 0.2) is 11.5 Å². The van der Waals surface area contributed by atoms with Gasteiger partial charge in [0.1, 0.15) is 5.82 Å². The molecule has 5 nitrogen and oxygen atoms in total. The second-order valence-electron chi connectivity index (χ2n) is 6.46. The molecule has 0 spiro atoms. The minimum atomic E-state index is -0.561. The third-order valence-corrected chi connectivity index (χ3v) is 5.54. The molecule has 1 aliphatic rings. The molecule has 8 heteroatoms. The Labute approximate surface area is 183 Å². The van der Waals surface area contributed by atoms with Crippen LogP contribution in [-0.2, 0) is 11.3 Å². The number of ether oxygens (including phenoxy) is 2. The predicted octanol–water partition coefficient (Wildman–Crippen LogP) is 5.90. The molecule has 0 bridgehead atoms. The quantitative estimate of drug-likeness (QED) is 0.469. The summed E-state index contributed by atoms with van der Waals surface area (Å²) in [7, 11) is 0. The van der Waals surface area contributed by atoms with Crippen molar-refractivity contribution >= 4 is 40.6 Å². The Hall–Kier alpha value is -2.51. The number of rotatable bonds is 8. The van der Waals surface area contributed by atoms with Gasteiger partial charge in [-0.05, 0) is 61.0 Å². The molecule has 1 heterocycles. The third-order valence-electron chi connectivity index (χ3n) is 4.28. The van der Waals surface area contributed by atoms with Gasteiger partial charge in [0.2, 0.25) is 0 Å². The monoisotopic (exact) mass is 449 g/mol. The maximum atomic E-state index is 14.1. The smallest absolute Gasteiger partial charge is 0.293 e. The normalized spacial score (nSPS) is 15.2. The molecule has 0 atom stereocenters. The number of hydrogen-bond acceptors (Lipinski definition) is 5. The van der Waals surface area contributed by atoms with Gasteiger partial charge in [-0.15, -0.1) is 0 Å². The van der Waals surface area contributed by atoms with E-state index in [0.29, 0.717) is 30.3 Å². The number of halogens is 2. The minimum absolute atomic E-state index is 0.110. The number of benzene rings is 2. The zero-order chi connectivity index (χ0) is 21.7. The van der Waals surface area contributed by atoms with Crippen LogP contribution in [0.5, 0.6) is 11.5 Å². The van der Waals surface area contributed by atoms with Gasteiger partial charge in [0.05, 0.1) is 24.7 Å². The van der Waals surface area contributed by atoms with E-state index < -0.39 is 17.0 Å². The Morgan fingerprint density at radius 2 is 1.93 bits per heavy atom. The van der Waals surface area contributed by atoms with Crippen LogP contribution in [0.3, 0.4) is 0 Å². The summed E-state index contributed by atoms with van der Waals surface area (Å²) in [6.07, 6.45) is 2.48. The van der Waals surface area contributed by atoms with E-state index >= 15 is 0 Å². The molecule has 3 rings (SSSR count). The summed E-state index contributed by atoms with van der Waals surface area (Å²) in [6, 6.07) is 9.56. The van der Waals surface area contributed by atoms with E-state index in [1.165, 1.54) is 18.2 Å². The minimum Gasteiger partial charge on any atom is -0.490 e. The van der Waals surface area contributed by atoms with Crippen molar-refractivity contribution < 1.29 is 23.5 Å². The molecule has 1 saturated heterocycles. The number of carbonyl (C=O) groups excluding carboxylic acids is 2. The summed E-state index contributed by atoms with van der Waals surface area (Å²) in [4.78, 5) is 26.4. The largest absolute Gasteiger partial charge is 0.490 e. The summed E-state index contributed by atoms with van der Waals surface area (Å²) in [6.45, 7) is 4.69. The van der Waals surface area contributed by atoms with Crippen LogP contribution in [0.25, 0.3) is 6.08 Å². The molecular weight excluding hydrogens is 429 g/mol. The highest BCUT2D eigenvalue weighted by Crippen LogP contribution is 2.36. The van der Waals surface area contributed by atoms with E-state index in [2.05, 4.69) is 0 Å². The lowest BCUT2D eigenvalue weighted by atomic mass is 10.1. The lowest BCUT2D eigenvalue weighted by Crippen LogP contribution is -2.28. The second-order valence-corrected chi connectivity index (χ2v) is 7.86. The van der Waals surface area contributed by atoms with Crippen molar-refractivity contribution in [1.82, 2.24) is 4.90 Å². The van der Waals surface area contributed by atoms with Crippen LogP contribution in [0.2, 0.25) is 5.02 Å². The Bertz CT molecular complexity index is 975. The Balaban J connectivity index is 1.83. The molecule has 0 unspecified atom stereocenters. The summed E-state index contributed by atoms with van der Waals surface area (Å²) in [5.41, 5.74) is 0.801. The number of carbonyl (C=O) groups is 2. The van der Waals surface area contributed by atoms with Gasteiger partial charge in [-0.2, -0.15) is 0 Å². The highest BCUT2D eigenvalue weighted by atomic mass is 35.5. The van der Waals surface area contributed by atoms with Crippen molar-refractivity contribution in [2.24, 2.45) is 0 Å². The second kappa shape index (κ2) is 10.00. The molecule has 0 radical (unpaired) electrons. The summed E-state index contributed by atoms with van der Waals surface area (Å²) in [5, 5.41) is -0.305. The average molecular weight is 450 g/mol. The highest BCUT2D eigenvalue weighted by Gasteiger charge is 2.36. The highest BCUT2D eigenvalue weighted by molar-refractivity contribution is 8.18. The van der Waals surface area contributed by atoms with Crippen LogP contribution in [-0.4, -0.2) is 29.3 Å². The number of nitrogens with zero attached hydrogens (tertiary/aromatic N) is 1. The van der Waals surface area contributed by atoms with E-state index in [1.807, 2.05) is 13.8 Å². The molecule has 2 aromatic rings. The molecule has 2 amide bonds. The zero-order valence-corrected chi connectivity index (χ0v) is 18.2. The van der Waals surface area contributed by atoms with Gasteiger partial charge in [-0.3, -0.25) is 14.5 Å². The zero-order valence-electron chi connectivity index (χ0n) is 16.6. The predicted molar refractivity (Wildman–Crippen MR) is 116 cm³/mol. The SMILES string of the molecule is CCCOc1ccc(/C=C2/SC(=O)N(Cc3c(F)cccc3Cl)C2=O)cc1OCC. The summed E-state index contributed by atoms with van der Waals surface area (Å²) < 4.78 is 25.4. The van der Waals surface area contributed by atoms with Gasteiger partial charge in [-0.1, -0.05) is 30.7 Å². The molecular formula is C22H21ClFNO4S. The molecule has 1 aliphatic heterocycles. The van der Waals surface area contributed by atoms with Crippen molar-refractivity contribution in [3.63, 3.8) is 0 Å². The average Bonchev–Trinajstić information content (AvgIpc) is 2.97. The van der Waals surface area contributed by atoms with E-state index in [4.69, 9.17) is 21.1 Å². The third kappa shape index (κ3) is 4.96. The first-order valence-corrected chi connectivity index (χ1v) is 10.7. The standard InChI is InChI=1S/C22H21ClFNO4S/c1-3-10-29-18-9-8-14(11-19(18)28-4-2)12-20-21(26)25(22(27)30-20)13-15-16(23)6-5-7-17(15)24/h5-9,11-12H,3-4,10,13H2,1-2H3/b20-12+. The summed E-state index contributed by atoms with van der Waals surface area (Å²) >= 11 is 6.84. The van der Waals surface area contributed by atoms with Gasteiger partial charge >= 0.3 is 0 Å². The van der Waals surface area contributed by atoms with Crippen molar-refractivity contribution in [2.45, 2.75) is 26.8 Å². The van der Waals surface area contributed by atoms with Crippen molar-refractivity contribution in [3.05, 3.63) is 63.3 Å². The van der Waals surface area contributed by atoms with Crippen LogP contribution in [0.1, 0.15) is 31.4 Å². The molecule has 158 valence electrons. The van der Waals surface area contributed by atoms with E-state index in [-0.39, 0.29) is 22.0 Å².